The van der Waals surface area contributed by atoms with E-state index in [1.807, 2.05) is 0 Å². The highest BCUT2D eigenvalue weighted by molar-refractivity contribution is 6.32. The van der Waals surface area contributed by atoms with E-state index in [4.69, 9.17) is 26.2 Å². The van der Waals surface area contributed by atoms with Gasteiger partial charge in [0.15, 0.2) is 0 Å². The van der Waals surface area contributed by atoms with Crippen LogP contribution in [0.4, 0.5) is 0 Å². The van der Waals surface area contributed by atoms with Crippen LogP contribution in [0.1, 0.15) is 11.9 Å². The van der Waals surface area contributed by atoms with E-state index in [0.29, 0.717) is 0 Å². The molecule has 0 spiro atoms. The molecule has 0 saturated carbocycles. The number of phenols is 1. The molecule has 2 rings (SSSR count). The van der Waals surface area contributed by atoms with Crippen molar-refractivity contribution in [1.29, 1.82) is 0 Å². The van der Waals surface area contributed by atoms with Gasteiger partial charge in [-0.25, -0.2) is 0 Å². The number of ether oxygens (including phenoxy) is 2. The fourth-order valence-electron chi connectivity index (χ4n) is 1.07. The fraction of sp³-hybridized carbons (Fsp3) is 0.111. The van der Waals surface area contributed by atoms with E-state index in [9.17, 15) is 0 Å². The highest BCUT2D eigenvalue weighted by Gasteiger charge is 2.16. The summed E-state index contributed by atoms with van der Waals surface area (Å²) in [4.78, 5) is 0. The Hall–Kier alpha value is -1.35. The maximum atomic E-state index is 9.16. The lowest BCUT2D eigenvalue weighted by molar-refractivity contribution is -0.0246. The zero-order chi connectivity index (χ0) is 9.26. The molecule has 1 aromatic rings. The molecular formula is C9H7ClO3. The molecule has 3 nitrogen and oxygen atoms in total. The van der Waals surface area contributed by atoms with Crippen LogP contribution in [0.5, 0.6) is 5.75 Å². The van der Waals surface area contributed by atoms with Crippen LogP contribution in [-0.2, 0) is 9.47 Å². The molecule has 0 fully saturated rings. The van der Waals surface area contributed by atoms with E-state index in [0.717, 1.165) is 5.56 Å². The number of benzene rings is 1. The van der Waals surface area contributed by atoms with Gasteiger partial charge in [0.05, 0.1) is 5.02 Å². The summed E-state index contributed by atoms with van der Waals surface area (Å²) in [5.74, 6) is 0.0522. The van der Waals surface area contributed by atoms with Gasteiger partial charge in [0.1, 0.15) is 18.3 Å². The Bertz CT molecular complexity index is 341. The molecule has 0 amide bonds. The van der Waals surface area contributed by atoms with Gasteiger partial charge in [0.25, 0.3) is 6.29 Å². The van der Waals surface area contributed by atoms with Crippen LogP contribution < -0.4 is 0 Å². The average molecular weight is 199 g/mol. The third-order valence-corrected chi connectivity index (χ3v) is 2.01. The number of hydrogen-bond acceptors (Lipinski definition) is 3. The molecule has 0 bridgehead atoms. The van der Waals surface area contributed by atoms with Crippen molar-refractivity contribution in [2.24, 2.45) is 0 Å². The summed E-state index contributed by atoms with van der Waals surface area (Å²) in [6, 6.07) is 4.80. The van der Waals surface area contributed by atoms with Gasteiger partial charge < -0.3 is 14.6 Å². The quantitative estimate of drug-likeness (QED) is 0.754. The van der Waals surface area contributed by atoms with E-state index < -0.39 is 6.29 Å². The van der Waals surface area contributed by atoms with Crippen LogP contribution in [0.3, 0.4) is 0 Å². The number of aromatic hydroxyl groups is 1. The van der Waals surface area contributed by atoms with Crippen molar-refractivity contribution in [2.75, 3.05) is 0 Å². The summed E-state index contributed by atoms with van der Waals surface area (Å²) in [5.41, 5.74) is 0.771. The van der Waals surface area contributed by atoms with Crippen molar-refractivity contribution in [3.05, 3.63) is 41.3 Å². The second-order valence-corrected chi connectivity index (χ2v) is 2.99. The Kier molecular flexibility index (Phi) is 2.02. The summed E-state index contributed by atoms with van der Waals surface area (Å²) >= 11 is 5.71. The van der Waals surface area contributed by atoms with Crippen LogP contribution in [-0.4, -0.2) is 5.11 Å². The third-order valence-electron chi connectivity index (χ3n) is 1.70. The Morgan fingerprint density at radius 1 is 1.23 bits per heavy atom. The Morgan fingerprint density at radius 2 is 1.92 bits per heavy atom. The van der Waals surface area contributed by atoms with Gasteiger partial charge in [-0.15, -0.1) is 0 Å². The second-order valence-electron chi connectivity index (χ2n) is 2.59. The summed E-state index contributed by atoms with van der Waals surface area (Å²) < 4.78 is 10.2. The minimum absolute atomic E-state index is 0.0522. The number of phenolic OH excluding ortho intramolecular Hbond substituents is 1. The van der Waals surface area contributed by atoms with Gasteiger partial charge in [-0.3, -0.25) is 0 Å². The molecule has 1 aliphatic rings. The molecule has 1 aromatic carbocycles. The molecule has 1 heterocycles. The molecule has 1 N–H and O–H groups in total. The number of rotatable bonds is 1. The summed E-state index contributed by atoms with van der Waals surface area (Å²) in [6.07, 6.45) is 2.48. The lowest BCUT2D eigenvalue weighted by Gasteiger charge is -2.10. The molecule has 13 heavy (non-hydrogen) atoms. The van der Waals surface area contributed by atoms with E-state index in [1.54, 1.807) is 12.1 Å². The van der Waals surface area contributed by atoms with Gasteiger partial charge in [0.2, 0.25) is 0 Å². The summed E-state index contributed by atoms with van der Waals surface area (Å²) in [7, 11) is 0. The zero-order valence-corrected chi connectivity index (χ0v) is 7.36. The molecule has 68 valence electrons. The van der Waals surface area contributed by atoms with E-state index in [1.165, 1.54) is 18.6 Å². The predicted molar refractivity (Wildman–Crippen MR) is 47.2 cm³/mol. The molecule has 0 unspecified atom stereocenters. The Morgan fingerprint density at radius 3 is 2.54 bits per heavy atom. The van der Waals surface area contributed by atoms with Crippen LogP contribution in [0, 0.1) is 0 Å². The van der Waals surface area contributed by atoms with Gasteiger partial charge in [-0.1, -0.05) is 11.6 Å². The molecule has 0 atom stereocenters. The van der Waals surface area contributed by atoms with E-state index in [-0.39, 0.29) is 10.8 Å². The van der Waals surface area contributed by atoms with Gasteiger partial charge in [0, 0.05) is 5.56 Å². The predicted octanol–water partition coefficient (Wildman–Crippen LogP) is 2.56. The molecule has 0 saturated heterocycles. The summed E-state index contributed by atoms with van der Waals surface area (Å²) in [5, 5.41) is 9.45. The van der Waals surface area contributed by atoms with Crippen LogP contribution >= 0.6 is 11.6 Å². The average Bonchev–Trinajstić information content (AvgIpc) is 2.62. The fourth-order valence-corrected chi connectivity index (χ4v) is 1.25. The first-order valence-corrected chi connectivity index (χ1v) is 4.09. The first-order valence-electron chi connectivity index (χ1n) is 3.72. The van der Waals surface area contributed by atoms with Gasteiger partial charge >= 0.3 is 0 Å². The minimum atomic E-state index is -0.446. The van der Waals surface area contributed by atoms with Crippen molar-refractivity contribution in [2.45, 2.75) is 6.29 Å². The van der Waals surface area contributed by atoms with E-state index >= 15 is 0 Å². The largest absolute Gasteiger partial charge is 0.506 e. The van der Waals surface area contributed by atoms with Gasteiger partial charge in [-0.2, -0.15) is 0 Å². The standard InChI is InChI=1S/C9H7ClO3/c10-7-5-6(1-2-8(7)11)9-12-3-4-13-9/h1-5,9,11H. The summed E-state index contributed by atoms with van der Waals surface area (Å²) in [6.45, 7) is 0. The zero-order valence-electron chi connectivity index (χ0n) is 6.61. The SMILES string of the molecule is Oc1ccc(C2OC=CO2)cc1Cl. The Labute approximate surface area is 80.2 Å². The van der Waals surface area contributed by atoms with Crippen LogP contribution in [0.2, 0.25) is 5.02 Å². The van der Waals surface area contributed by atoms with Crippen molar-refractivity contribution < 1.29 is 14.6 Å². The molecule has 0 aromatic heterocycles. The molecule has 1 aliphatic heterocycles. The maximum Gasteiger partial charge on any atom is 0.266 e. The second kappa shape index (κ2) is 3.18. The topological polar surface area (TPSA) is 38.7 Å². The van der Waals surface area contributed by atoms with Crippen molar-refractivity contribution in [3.8, 4) is 5.75 Å². The molecule has 0 radical (unpaired) electrons. The van der Waals surface area contributed by atoms with Gasteiger partial charge in [-0.05, 0) is 18.2 Å². The van der Waals surface area contributed by atoms with Crippen molar-refractivity contribution in [3.63, 3.8) is 0 Å². The van der Waals surface area contributed by atoms with Crippen LogP contribution in [0.25, 0.3) is 0 Å². The van der Waals surface area contributed by atoms with E-state index in [2.05, 4.69) is 0 Å². The Balaban J connectivity index is 2.26. The third kappa shape index (κ3) is 1.55. The first-order chi connectivity index (χ1) is 6.27. The first kappa shape index (κ1) is 8.26. The lowest BCUT2D eigenvalue weighted by atomic mass is 10.2. The molecular weight excluding hydrogens is 192 g/mol. The van der Waals surface area contributed by atoms with Crippen LogP contribution in [0.15, 0.2) is 30.7 Å². The highest BCUT2D eigenvalue weighted by Crippen LogP contribution is 2.30. The monoisotopic (exact) mass is 198 g/mol. The number of halogens is 1. The molecule has 4 heteroatoms. The smallest absolute Gasteiger partial charge is 0.266 e. The maximum absolute atomic E-state index is 9.16. The van der Waals surface area contributed by atoms with Crippen molar-refractivity contribution >= 4 is 11.6 Å². The van der Waals surface area contributed by atoms with Crippen molar-refractivity contribution in [1.82, 2.24) is 0 Å². The number of hydrogen-bond donors (Lipinski definition) is 1. The highest BCUT2D eigenvalue weighted by atomic mass is 35.5. The minimum Gasteiger partial charge on any atom is -0.506 e. The molecule has 0 aliphatic carbocycles. The normalized spacial score (nSPS) is 15.5. The lowest BCUT2D eigenvalue weighted by Crippen LogP contribution is -1.96.